The molecule has 0 aliphatic rings. The summed E-state index contributed by atoms with van der Waals surface area (Å²) < 4.78 is 35.2. The van der Waals surface area contributed by atoms with E-state index in [1.165, 1.54) is 6.92 Å². The number of nitrogens with two attached hydrogens (primary N) is 2. The molecule has 0 amide bonds. The zero-order chi connectivity index (χ0) is 10.1. The van der Waals surface area contributed by atoms with E-state index >= 15 is 0 Å². The zero-order valence-corrected chi connectivity index (χ0v) is 8.31. The van der Waals surface area contributed by atoms with Gasteiger partial charge in [-0.1, -0.05) is 0 Å². The molecule has 0 aromatic heterocycles. The summed E-state index contributed by atoms with van der Waals surface area (Å²) in [5.74, 6) is 0.181. The van der Waals surface area contributed by atoms with Gasteiger partial charge in [-0.25, -0.2) is 8.42 Å². The molecule has 8 heteroatoms. The Kier molecular flexibility index (Phi) is 11.3. The maximum Gasteiger partial charge on any atom is 0.170 e. The van der Waals surface area contributed by atoms with Crippen molar-refractivity contribution in [1.29, 1.82) is 0 Å². The summed E-state index contributed by atoms with van der Waals surface area (Å²) in [5.41, 5.74) is 9.76. The molecular weight excluding hydrogens is 204 g/mol. The summed E-state index contributed by atoms with van der Waals surface area (Å²) in [5, 5.41) is -0.620. The molecule has 0 rings (SSSR count). The Hall–Kier alpha value is 0.140. The van der Waals surface area contributed by atoms with Gasteiger partial charge in [-0.15, -0.1) is 0 Å². The highest BCUT2D eigenvalue weighted by molar-refractivity contribution is 7.79. The Bertz CT molecular complexity index is 152. The maximum absolute atomic E-state index is 9.69. The highest BCUT2D eigenvalue weighted by Gasteiger charge is 1.95. The minimum Gasteiger partial charge on any atom is -0.329 e. The maximum atomic E-state index is 9.69. The summed E-state index contributed by atoms with van der Waals surface area (Å²) in [6, 6.07) is 0. The third kappa shape index (κ3) is 16.6. The minimum atomic E-state index is -1.84. The van der Waals surface area contributed by atoms with E-state index in [0.29, 0.717) is 0 Å². The normalized spacial score (nSPS) is 17.1. The van der Waals surface area contributed by atoms with E-state index in [9.17, 15) is 8.42 Å². The molecule has 0 aromatic carbocycles. The Morgan fingerprint density at radius 3 is 1.75 bits per heavy atom. The van der Waals surface area contributed by atoms with Gasteiger partial charge >= 0.3 is 0 Å². The highest BCUT2D eigenvalue weighted by atomic mass is 32.2. The molecule has 76 valence electrons. The van der Waals surface area contributed by atoms with E-state index in [-0.39, 0.29) is 12.3 Å². The van der Waals surface area contributed by atoms with E-state index < -0.39 is 27.5 Å². The van der Waals surface area contributed by atoms with Gasteiger partial charge in [0.05, 0.1) is 5.75 Å². The summed E-state index contributed by atoms with van der Waals surface area (Å²) in [4.78, 5) is 0. The molecule has 6 nitrogen and oxygen atoms in total. The molecular formula is C4H14N2O4S2. The third-order valence-corrected chi connectivity index (χ3v) is 1.83. The summed E-state index contributed by atoms with van der Waals surface area (Å²) in [6.07, 6.45) is 0. The molecule has 0 heterocycles. The Morgan fingerprint density at radius 1 is 1.42 bits per heavy atom. The molecule has 3 unspecified atom stereocenters. The van der Waals surface area contributed by atoms with Gasteiger partial charge < -0.3 is 20.6 Å². The van der Waals surface area contributed by atoms with Crippen LogP contribution in [-0.4, -0.2) is 35.2 Å². The van der Waals surface area contributed by atoms with Crippen LogP contribution in [0.15, 0.2) is 0 Å². The first-order valence-corrected chi connectivity index (χ1v) is 5.49. The lowest BCUT2D eigenvalue weighted by molar-refractivity contribution is 0.552. The molecule has 0 bridgehead atoms. The second-order valence-electron chi connectivity index (χ2n) is 1.80. The molecule has 0 fully saturated rings. The van der Waals surface area contributed by atoms with E-state index in [4.69, 9.17) is 20.6 Å². The van der Waals surface area contributed by atoms with Crippen molar-refractivity contribution in [2.24, 2.45) is 11.5 Å². The Balaban J connectivity index is 0. The van der Waals surface area contributed by atoms with Gasteiger partial charge in [0.2, 0.25) is 0 Å². The lowest BCUT2D eigenvalue weighted by Gasteiger charge is -1.91. The average molecular weight is 218 g/mol. The molecule has 3 atom stereocenters. The fourth-order valence-corrected chi connectivity index (χ4v) is 0.302. The topological polar surface area (TPSA) is 127 Å². The van der Waals surface area contributed by atoms with Crippen LogP contribution in [-0.2, 0) is 22.2 Å². The van der Waals surface area contributed by atoms with Crippen molar-refractivity contribution in [2.45, 2.75) is 12.3 Å². The van der Waals surface area contributed by atoms with Crippen LogP contribution >= 0.6 is 0 Å². The van der Waals surface area contributed by atoms with Crippen molar-refractivity contribution in [3.8, 4) is 0 Å². The van der Waals surface area contributed by atoms with E-state index in [1.807, 2.05) is 0 Å². The summed E-state index contributed by atoms with van der Waals surface area (Å²) in [6.45, 7) is 1.75. The lowest BCUT2D eigenvalue weighted by Crippen LogP contribution is -2.20. The molecule has 0 aliphatic carbocycles. The monoisotopic (exact) mass is 218 g/mol. The van der Waals surface area contributed by atoms with Crippen LogP contribution < -0.4 is 11.5 Å². The smallest absolute Gasteiger partial charge is 0.170 e. The molecule has 12 heavy (non-hydrogen) atoms. The second kappa shape index (κ2) is 9.23. The van der Waals surface area contributed by atoms with Crippen LogP contribution in [0, 0.1) is 0 Å². The van der Waals surface area contributed by atoms with Gasteiger partial charge in [0, 0.05) is 6.54 Å². The van der Waals surface area contributed by atoms with Crippen molar-refractivity contribution in [3.05, 3.63) is 0 Å². The number of hydrogen-bond acceptors (Lipinski definition) is 4. The molecule has 0 radical (unpaired) electrons. The third-order valence-electron chi connectivity index (χ3n) is 0.611. The first kappa shape index (κ1) is 14.7. The standard InChI is InChI=1S/2C2H7NO2S/c1-2(3)6(4)5;3-1-2-6(4)5/h2H,3H2,1H3,(H,4,5);1-3H2,(H,4,5). The number of hydrogen-bond donors (Lipinski definition) is 4. The van der Waals surface area contributed by atoms with Crippen molar-refractivity contribution < 1.29 is 17.5 Å². The van der Waals surface area contributed by atoms with Crippen LogP contribution in [0.2, 0.25) is 0 Å². The molecule has 0 aliphatic heterocycles. The van der Waals surface area contributed by atoms with Gasteiger partial charge in [0.1, 0.15) is 5.37 Å². The van der Waals surface area contributed by atoms with Crippen LogP contribution in [0.1, 0.15) is 6.92 Å². The largest absolute Gasteiger partial charge is 0.329 e. The van der Waals surface area contributed by atoms with E-state index in [2.05, 4.69) is 0 Å². The highest BCUT2D eigenvalue weighted by Crippen LogP contribution is 1.75. The van der Waals surface area contributed by atoms with E-state index in [1.54, 1.807) is 0 Å². The van der Waals surface area contributed by atoms with Crippen LogP contribution in [0.3, 0.4) is 0 Å². The van der Waals surface area contributed by atoms with Crippen molar-refractivity contribution in [3.63, 3.8) is 0 Å². The number of rotatable bonds is 3. The van der Waals surface area contributed by atoms with Crippen molar-refractivity contribution in [2.75, 3.05) is 12.3 Å². The lowest BCUT2D eigenvalue weighted by atomic mass is 10.8. The SMILES string of the molecule is CC(N)S(=O)O.NCCS(=O)O. The van der Waals surface area contributed by atoms with Crippen LogP contribution in [0.25, 0.3) is 0 Å². The fourth-order valence-electron chi connectivity index (χ4n) is 0.101. The Labute approximate surface area is 76.3 Å². The molecule has 0 saturated carbocycles. The molecule has 6 N–H and O–H groups in total. The predicted molar refractivity (Wildman–Crippen MR) is 49.1 cm³/mol. The molecule has 0 saturated heterocycles. The molecule has 0 spiro atoms. The Morgan fingerprint density at radius 2 is 1.75 bits per heavy atom. The average Bonchev–Trinajstić information content (AvgIpc) is 1.87. The molecule has 0 aromatic rings. The first-order chi connectivity index (χ1) is 5.41. The quantitative estimate of drug-likeness (QED) is 0.435. The van der Waals surface area contributed by atoms with Crippen molar-refractivity contribution in [1.82, 2.24) is 0 Å². The van der Waals surface area contributed by atoms with Crippen molar-refractivity contribution >= 4 is 22.2 Å². The van der Waals surface area contributed by atoms with Gasteiger partial charge in [-0.2, -0.15) is 0 Å². The summed E-state index contributed by atoms with van der Waals surface area (Å²) in [7, 11) is 0. The minimum absolute atomic E-state index is 0.181. The van der Waals surface area contributed by atoms with Gasteiger partial charge in [-0.3, -0.25) is 0 Å². The first-order valence-electron chi connectivity index (χ1n) is 3.04. The predicted octanol–water partition coefficient (Wildman–Crippen LogP) is -1.32. The van der Waals surface area contributed by atoms with Gasteiger partial charge in [0.25, 0.3) is 0 Å². The summed E-state index contributed by atoms with van der Waals surface area (Å²) >= 11 is -3.53. The van der Waals surface area contributed by atoms with Crippen LogP contribution in [0.4, 0.5) is 0 Å². The zero-order valence-electron chi connectivity index (χ0n) is 6.67. The second-order valence-corrected chi connectivity index (χ2v) is 4.14. The van der Waals surface area contributed by atoms with Gasteiger partial charge in [-0.05, 0) is 6.92 Å². The fraction of sp³-hybridized carbons (Fsp3) is 1.00. The van der Waals surface area contributed by atoms with Gasteiger partial charge in [0.15, 0.2) is 22.2 Å². The van der Waals surface area contributed by atoms with Crippen LogP contribution in [0.5, 0.6) is 0 Å². The van der Waals surface area contributed by atoms with E-state index in [0.717, 1.165) is 0 Å².